The van der Waals surface area contributed by atoms with Crippen molar-refractivity contribution < 1.29 is 9.13 Å². The van der Waals surface area contributed by atoms with Crippen LogP contribution in [0.5, 0.6) is 5.88 Å². The lowest BCUT2D eigenvalue weighted by molar-refractivity contribution is 0.290. The smallest absolute Gasteiger partial charge is 0.218 e. The fourth-order valence-electron chi connectivity index (χ4n) is 2.83. The Hall–Kier alpha value is -3.41. The monoisotopic (exact) mass is 392 g/mol. The summed E-state index contributed by atoms with van der Waals surface area (Å²) in [5, 5.41) is 6.45. The van der Waals surface area contributed by atoms with E-state index in [-0.39, 0.29) is 5.82 Å². The quantitative estimate of drug-likeness (QED) is 0.453. The van der Waals surface area contributed by atoms with Crippen LogP contribution in [0.1, 0.15) is 16.7 Å². The van der Waals surface area contributed by atoms with Gasteiger partial charge in [0.2, 0.25) is 5.88 Å². The zero-order chi connectivity index (χ0) is 20.3. The molecule has 0 spiro atoms. The average Bonchev–Trinajstić information content (AvgIpc) is 2.77. The first-order valence-electron chi connectivity index (χ1n) is 9.55. The van der Waals surface area contributed by atoms with Crippen LogP contribution in [-0.4, -0.2) is 24.5 Å². The predicted octanol–water partition coefficient (Wildman–Crippen LogP) is 3.71. The minimum absolute atomic E-state index is 0.187. The van der Waals surface area contributed by atoms with Crippen LogP contribution >= 0.6 is 0 Å². The number of guanidine groups is 1. The van der Waals surface area contributed by atoms with Gasteiger partial charge in [0.1, 0.15) is 12.4 Å². The van der Waals surface area contributed by atoms with Crippen molar-refractivity contribution in [1.82, 2.24) is 15.6 Å². The second-order valence-electron chi connectivity index (χ2n) is 6.44. The minimum atomic E-state index is -0.187. The van der Waals surface area contributed by atoms with Crippen molar-refractivity contribution in [2.75, 3.05) is 13.6 Å². The van der Waals surface area contributed by atoms with Crippen molar-refractivity contribution in [2.24, 2.45) is 4.99 Å². The first-order chi connectivity index (χ1) is 14.3. The highest BCUT2D eigenvalue weighted by Gasteiger charge is 2.07. The first kappa shape index (κ1) is 20.3. The molecule has 0 amide bonds. The van der Waals surface area contributed by atoms with Crippen LogP contribution in [0, 0.1) is 5.82 Å². The van der Waals surface area contributed by atoms with Crippen molar-refractivity contribution in [2.45, 2.75) is 19.6 Å². The molecule has 0 bridgehead atoms. The molecule has 2 N–H and O–H groups in total. The van der Waals surface area contributed by atoms with E-state index < -0.39 is 0 Å². The van der Waals surface area contributed by atoms with Crippen molar-refractivity contribution in [3.05, 3.63) is 95.4 Å². The van der Waals surface area contributed by atoms with Gasteiger partial charge in [-0.2, -0.15) is 0 Å². The van der Waals surface area contributed by atoms with E-state index in [0.717, 1.165) is 11.1 Å². The highest BCUT2D eigenvalue weighted by Crippen LogP contribution is 2.16. The number of nitrogens with zero attached hydrogens (tertiary/aromatic N) is 2. The Morgan fingerprint density at radius 3 is 2.52 bits per heavy atom. The molecule has 2 aromatic carbocycles. The number of pyridine rings is 1. The molecule has 1 aromatic heterocycles. The van der Waals surface area contributed by atoms with Gasteiger partial charge in [-0.15, -0.1) is 0 Å². The number of benzene rings is 2. The van der Waals surface area contributed by atoms with E-state index in [2.05, 4.69) is 20.6 Å². The number of nitrogens with one attached hydrogen (secondary N) is 2. The number of ether oxygens (including phenoxy) is 1. The first-order valence-corrected chi connectivity index (χ1v) is 9.55. The number of aromatic nitrogens is 1. The molecule has 0 aliphatic carbocycles. The lowest BCUT2D eigenvalue weighted by Gasteiger charge is -2.14. The Labute approximate surface area is 170 Å². The van der Waals surface area contributed by atoms with E-state index in [0.29, 0.717) is 43.5 Å². The van der Waals surface area contributed by atoms with Gasteiger partial charge in [0.05, 0.1) is 0 Å². The molecule has 3 aromatic rings. The maximum absolute atomic E-state index is 13.7. The van der Waals surface area contributed by atoms with E-state index in [1.807, 2.05) is 48.5 Å². The molecule has 0 aliphatic rings. The standard InChI is InChI=1S/C23H25FN4O/c1-25-23(27-15-13-19-10-5-6-12-21(19)24)28-16-20-11-7-14-26-22(20)29-17-18-8-3-2-4-9-18/h2-12,14H,13,15-17H2,1H3,(H2,25,27,28). The molecule has 0 saturated carbocycles. The van der Waals surface area contributed by atoms with Gasteiger partial charge in [0.25, 0.3) is 0 Å². The van der Waals surface area contributed by atoms with Crippen LogP contribution in [0.15, 0.2) is 77.9 Å². The molecule has 0 atom stereocenters. The molecule has 6 heteroatoms. The molecular weight excluding hydrogens is 367 g/mol. The minimum Gasteiger partial charge on any atom is -0.473 e. The number of aliphatic imine (C=N–C) groups is 1. The van der Waals surface area contributed by atoms with E-state index in [9.17, 15) is 4.39 Å². The summed E-state index contributed by atoms with van der Waals surface area (Å²) in [7, 11) is 1.70. The van der Waals surface area contributed by atoms with Crippen LogP contribution in [0.2, 0.25) is 0 Å². The predicted molar refractivity (Wildman–Crippen MR) is 113 cm³/mol. The van der Waals surface area contributed by atoms with Crippen LogP contribution < -0.4 is 15.4 Å². The molecule has 0 saturated heterocycles. The number of halogens is 1. The van der Waals surface area contributed by atoms with E-state index in [1.54, 1.807) is 25.4 Å². The Bertz CT molecular complexity index is 931. The lowest BCUT2D eigenvalue weighted by Crippen LogP contribution is -2.38. The summed E-state index contributed by atoms with van der Waals surface area (Å²) in [6.07, 6.45) is 2.29. The number of hydrogen-bond acceptors (Lipinski definition) is 3. The Morgan fingerprint density at radius 1 is 0.966 bits per heavy atom. The number of rotatable bonds is 8. The van der Waals surface area contributed by atoms with Gasteiger partial charge in [0.15, 0.2) is 5.96 Å². The van der Waals surface area contributed by atoms with Crippen LogP contribution in [-0.2, 0) is 19.6 Å². The molecule has 1 heterocycles. The molecule has 29 heavy (non-hydrogen) atoms. The molecule has 0 aliphatic heterocycles. The highest BCUT2D eigenvalue weighted by atomic mass is 19.1. The topological polar surface area (TPSA) is 58.5 Å². The van der Waals surface area contributed by atoms with Crippen LogP contribution in [0.3, 0.4) is 0 Å². The normalized spacial score (nSPS) is 11.2. The molecule has 150 valence electrons. The van der Waals surface area contributed by atoms with Gasteiger partial charge >= 0.3 is 0 Å². The van der Waals surface area contributed by atoms with Gasteiger partial charge in [-0.1, -0.05) is 54.6 Å². The Kier molecular flexibility index (Phi) is 7.57. The molecule has 0 fully saturated rings. The second-order valence-corrected chi connectivity index (χ2v) is 6.44. The summed E-state index contributed by atoms with van der Waals surface area (Å²) in [6, 6.07) is 20.6. The SMILES string of the molecule is CN=C(NCCc1ccccc1F)NCc1cccnc1OCc1ccccc1. The van der Waals surface area contributed by atoms with Crippen LogP contribution in [0.25, 0.3) is 0 Å². The fourth-order valence-corrected chi connectivity index (χ4v) is 2.83. The van der Waals surface area contributed by atoms with E-state index in [1.165, 1.54) is 6.07 Å². The van der Waals surface area contributed by atoms with Crippen molar-refractivity contribution in [1.29, 1.82) is 0 Å². The fraction of sp³-hybridized carbons (Fsp3) is 0.217. The summed E-state index contributed by atoms with van der Waals surface area (Å²) < 4.78 is 19.6. The maximum Gasteiger partial charge on any atom is 0.218 e. The molecule has 5 nitrogen and oxygen atoms in total. The lowest BCUT2D eigenvalue weighted by atomic mass is 10.1. The van der Waals surface area contributed by atoms with Gasteiger partial charge in [-0.3, -0.25) is 4.99 Å². The van der Waals surface area contributed by atoms with Gasteiger partial charge < -0.3 is 15.4 Å². The van der Waals surface area contributed by atoms with E-state index in [4.69, 9.17) is 4.74 Å². The van der Waals surface area contributed by atoms with Gasteiger partial charge in [-0.25, -0.2) is 9.37 Å². The summed E-state index contributed by atoms with van der Waals surface area (Å²) >= 11 is 0. The second kappa shape index (κ2) is 10.8. The summed E-state index contributed by atoms with van der Waals surface area (Å²) in [6.45, 7) is 1.54. The summed E-state index contributed by atoms with van der Waals surface area (Å²) in [5.41, 5.74) is 2.70. The Balaban J connectivity index is 1.51. The molecule has 0 radical (unpaired) electrons. The van der Waals surface area contributed by atoms with Gasteiger partial charge in [-0.05, 0) is 29.7 Å². The average molecular weight is 392 g/mol. The third-order valence-electron chi connectivity index (χ3n) is 4.38. The maximum atomic E-state index is 13.7. The highest BCUT2D eigenvalue weighted by molar-refractivity contribution is 5.79. The third kappa shape index (κ3) is 6.31. The van der Waals surface area contributed by atoms with Gasteiger partial charge in [0, 0.05) is 31.9 Å². The van der Waals surface area contributed by atoms with Crippen molar-refractivity contribution in [3.63, 3.8) is 0 Å². The molecule has 3 rings (SSSR count). The van der Waals surface area contributed by atoms with Crippen molar-refractivity contribution in [3.8, 4) is 5.88 Å². The zero-order valence-corrected chi connectivity index (χ0v) is 16.4. The molecule has 0 unspecified atom stereocenters. The van der Waals surface area contributed by atoms with E-state index >= 15 is 0 Å². The third-order valence-corrected chi connectivity index (χ3v) is 4.38. The van der Waals surface area contributed by atoms with Crippen LogP contribution in [0.4, 0.5) is 4.39 Å². The largest absolute Gasteiger partial charge is 0.473 e. The number of hydrogen-bond donors (Lipinski definition) is 2. The summed E-state index contributed by atoms with van der Waals surface area (Å²) in [5.74, 6) is 1.04. The summed E-state index contributed by atoms with van der Waals surface area (Å²) in [4.78, 5) is 8.56. The molecular formula is C23H25FN4O. The Morgan fingerprint density at radius 2 is 1.72 bits per heavy atom. The zero-order valence-electron chi connectivity index (χ0n) is 16.4. The van der Waals surface area contributed by atoms with Crippen molar-refractivity contribution >= 4 is 5.96 Å².